The lowest BCUT2D eigenvalue weighted by Gasteiger charge is -2.06. The first kappa shape index (κ1) is 18.1. The van der Waals surface area contributed by atoms with Gasteiger partial charge in [-0.15, -0.1) is 0 Å². The highest BCUT2D eigenvalue weighted by atomic mass is 32.2. The minimum atomic E-state index is -3.41. The number of imidazole rings is 2. The zero-order valence-electron chi connectivity index (χ0n) is 14.7. The molecule has 0 aromatic carbocycles. The van der Waals surface area contributed by atoms with E-state index in [4.69, 9.17) is 0 Å². The number of nitrogens with zero attached hydrogens (tertiary/aromatic N) is 5. The highest BCUT2D eigenvalue weighted by Gasteiger charge is 2.26. The molecule has 2 rings (SSSR count). The summed E-state index contributed by atoms with van der Waals surface area (Å²) >= 11 is 0. The standard InChI is InChI=1S/C16H23N5O2S/c1-7-12(17-4)9-13-11(3)21(6)15(19-13)14-16(20(5)10-18-14)24(22,23)8-2/h9-10H,4,7-8H2,1-3,5-6H3/b12-9-. The van der Waals surface area contributed by atoms with E-state index in [1.165, 1.54) is 10.9 Å². The van der Waals surface area contributed by atoms with Crippen molar-refractivity contribution in [1.82, 2.24) is 19.1 Å². The molecule has 0 N–H and O–H groups in total. The minimum absolute atomic E-state index is 0.00999. The lowest BCUT2D eigenvalue weighted by molar-refractivity contribution is 0.587. The summed E-state index contributed by atoms with van der Waals surface area (Å²) in [7, 11) is 0.105. The van der Waals surface area contributed by atoms with Crippen molar-refractivity contribution in [3.8, 4) is 11.5 Å². The van der Waals surface area contributed by atoms with Gasteiger partial charge in [0.25, 0.3) is 0 Å². The minimum Gasteiger partial charge on any atom is -0.329 e. The molecule has 0 bridgehead atoms. The average molecular weight is 349 g/mol. The monoisotopic (exact) mass is 349 g/mol. The molecule has 7 nitrogen and oxygen atoms in total. The number of rotatable bonds is 6. The highest BCUT2D eigenvalue weighted by Crippen LogP contribution is 2.28. The van der Waals surface area contributed by atoms with E-state index in [0.717, 1.165) is 23.5 Å². The van der Waals surface area contributed by atoms with Gasteiger partial charge in [0.1, 0.15) is 5.69 Å². The van der Waals surface area contributed by atoms with E-state index >= 15 is 0 Å². The normalized spacial score (nSPS) is 12.6. The maximum Gasteiger partial charge on any atom is 0.195 e. The molecule has 8 heteroatoms. The van der Waals surface area contributed by atoms with Crippen LogP contribution in [0.1, 0.15) is 31.7 Å². The lowest BCUT2D eigenvalue weighted by Crippen LogP contribution is -2.11. The van der Waals surface area contributed by atoms with Gasteiger partial charge in [-0.3, -0.25) is 4.99 Å². The molecule has 2 aromatic heterocycles. The molecule has 24 heavy (non-hydrogen) atoms. The van der Waals surface area contributed by atoms with E-state index in [1.54, 1.807) is 14.0 Å². The third-order valence-corrected chi connectivity index (χ3v) is 5.89. The molecule has 0 aliphatic carbocycles. The van der Waals surface area contributed by atoms with Gasteiger partial charge in [0.2, 0.25) is 0 Å². The summed E-state index contributed by atoms with van der Waals surface area (Å²) in [5.74, 6) is 0.529. The first-order chi connectivity index (χ1) is 11.3. The van der Waals surface area contributed by atoms with Crippen LogP contribution in [0, 0.1) is 6.92 Å². The van der Waals surface area contributed by atoms with Crippen LogP contribution in [0.3, 0.4) is 0 Å². The van der Waals surface area contributed by atoms with Gasteiger partial charge in [-0.05, 0) is 26.1 Å². The second kappa shape index (κ2) is 6.72. The van der Waals surface area contributed by atoms with Crippen LogP contribution in [0.25, 0.3) is 17.6 Å². The molecule has 0 radical (unpaired) electrons. The Kier molecular flexibility index (Phi) is 5.08. The van der Waals surface area contributed by atoms with Crippen molar-refractivity contribution in [1.29, 1.82) is 0 Å². The fourth-order valence-electron chi connectivity index (χ4n) is 2.44. The quantitative estimate of drug-likeness (QED) is 0.750. The van der Waals surface area contributed by atoms with Gasteiger partial charge in [-0.2, -0.15) is 0 Å². The van der Waals surface area contributed by atoms with Gasteiger partial charge in [0, 0.05) is 25.5 Å². The number of hydrogen-bond acceptors (Lipinski definition) is 5. The topological polar surface area (TPSA) is 82.1 Å². The number of hydrogen-bond donors (Lipinski definition) is 0. The maximum atomic E-state index is 12.4. The van der Waals surface area contributed by atoms with E-state index < -0.39 is 9.84 Å². The van der Waals surface area contributed by atoms with Crippen LogP contribution in [0.2, 0.25) is 0 Å². The van der Waals surface area contributed by atoms with E-state index in [9.17, 15) is 8.42 Å². The van der Waals surface area contributed by atoms with Crippen molar-refractivity contribution >= 4 is 22.6 Å². The lowest BCUT2D eigenvalue weighted by atomic mass is 10.2. The Balaban J connectivity index is 2.69. The van der Waals surface area contributed by atoms with Crippen LogP contribution in [-0.4, -0.2) is 40.0 Å². The number of aromatic nitrogens is 4. The molecule has 0 aliphatic rings. The Morgan fingerprint density at radius 3 is 2.58 bits per heavy atom. The van der Waals surface area contributed by atoms with Crippen LogP contribution in [0.5, 0.6) is 0 Å². The third-order valence-electron chi connectivity index (χ3n) is 4.06. The molecule has 2 heterocycles. The summed E-state index contributed by atoms with van der Waals surface area (Å²) in [4.78, 5) is 12.8. The zero-order valence-corrected chi connectivity index (χ0v) is 15.6. The zero-order chi connectivity index (χ0) is 18.1. The van der Waals surface area contributed by atoms with Gasteiger partial charge < -0.3 is 9.13 Å². The van der Waals surface area contributed by atoms with E-state index in [2.05, 4.69) is 21.7 Å². The fourth-order valence-corrected chi connectivity index (χ4v) is 3.64. The van der Waals surface area contributed by atoms with E-state index in [0.29, 0.717) is 11.5 Å². The summed E-state index contributed by atoms with van der Waals surface area (Å²) in [6, 6.07) is 0. The van der Waals surface area contributed by atoms with Crippen molar-refractivity contribution in [2.24, 2.45) is 19.1 Å². The molecular formula is C16H23N5O2S. The highest BCUT2D eigenvalue weighted by molar-refractivity contribution is 7.91. The summed E-state index contributed by atoms with van der Waals surface area (Å²) in [5, 5.41) is 0.186. The summed E-state index contributed by atoms with van der Waals surface area (Å²) < 4.78 is 28.2. The molecular weight excluding hydrogens is 326 g/mol. The second-order valence-corrected chi connectivity index (χ2v) is 7.72. The van der Waals surface area contributed by atoms with Crippen molar-refractivity contribution in [3.63, 3.8) is 0 Å². The van der Waals surface area contributed by atoms with Gasteiger partial charge in [0.15, 0.2) is 20.7 Å². The predicted molar refractivity (Wildman–Crippen MR) is 95.7 cm³/mol. The molecule has 0 unspecified atom stereocenters. The smallest absolute Gasteiger partial charge is 0.195 e. The molecule has 2 aromatic rings. The Morgan fingerprint density at radius 1 is 1.38 bits per heavy atom. The largest absolute Gasteiger partial charge is 0.329 e. The first-order valence-corrected chi connectivity index (χ1v) is 9.37. The Morgan fingerprint density at radius 2 is 2.04 bits per heavy atom. The van der Waals surface area contributed by atoms with Crippen LogP contribution in [0.15, 0.2) is 22.0 Å². The third kappa shape index (κ3) is 3.06. The molecule has 0 atom stereocenters. The molecule has 0 amide bonds. The summed E-state index contributed by atoms with van der Waals surface area (Å²) in [5.41, 5.74) is 2.84. The van der Waals surface area contributed by atoms with Gasteiger partial charge in [0.05, 0.1) is 17.8 Å². The number of sulfone groups is 1. The van der Waals surface area contributed by atoms with Crippen LogP contribution in [0.4, 0.5) is 0 Å². The molecule has 0 aliphatic heterocycles. The SMILES string of the molecule is C=N/C(=C\c1nc(-c2ncn(C)c2S(=O)(=O)CC)n(C)c1C)CC. The maximum absolute atomic E-state index is 12.4. The van der Waals surface area contributed by atoms with Crippen LogP contribution < -0.4 is 0 Å². The van der Waals surface area contributed by atoms with Crippen LogP contribution >= 0.6 is 0 Å². The Labute approximate surface area is 142 Å². The summed E-state index contributed by atoms with van der Waals surface area (Å²) in [6.45, 7) is 9.09. The number of allylic oxidation sites excluding steroid dienone is 1. The number of aliphatic imine (C=N–C) groups is 1. The fraction of sp³-hybridized carbons (Fsp3) is 0.438. The Bertz CT molecular complexity index is 903. The first-order valence-electron chi connectivity index (χ1n) is 7.71. The molecule has 0 saturated heterocycles. The Hall–Kier alpha value is -2.22. The van der Waals surface area contributed by atoms with Crippen molar-refractivity contribution < 1.29 is 8.42 Å². The summed E-state index contributed by atoms with van der Waals surface area (Å²) in [6.07, 6.45) is 4.11. The van der Waals surface area contributed by atoms with Crippen molar-refractivity contribution in [2.75, 3.05) is 5.75 Å². The van der Waals surface area contributed by atoms with Crippen molar-refractivity contribution in [2.45, 2.75) is 32.2 Å². The second-order valence-electron chi connectivity index (χ2n) is 5.53. The van der Waals surface area contributed by atoms with Gasteiger partial charge in [-0.1, -0.05) is 13.8 Å². The molecule has 0 fully saturated rings. The predicted octanol–water partition coefficient (Wildman–Crippen LogP) is 2.37. The van der Waals surface area contributed by atoms with Gasteiger partial charge in [-0.25, -0.2) is 18.4 Å². The van der Waals surface area contributed by atoms with Gasteiger partial charge >= 0.3 is 0 Å². The van der Waals surface area contributed by atoms with E-state index in [1.807, 2.05) is 31.5 Å². The van der Waals surface area contributed by atoms with Crippen molar-refractivity contribution in [3.05, 3.63) is 23.4 Å². The molecule has 130 valence electrons. The molecule has 0 spiro atoms. The molecule has 0 saturated carbocycles. The average Bonchev–Trinajstić information content (AvgIpc) is 3.07. The number of aryl methyl sites for hydroxylation is 1. The van der Waals surface area contributed by atoms with E-state index in [-0.39, 0.29) is 10.8 Å². The van der Waals surface area contributed by atoms with Crippen LogP contribution in [-0.2, 0) is 23.9 Å².